The maximum absolute atomic E-state index is 12.4. The van der Waals surface area contributed by atoms with Crippen molar-refractivity contribution < 1.29 is 19.1 Å². The molecule has 0 aliphatic heterocycles. The molecule has 2 N–H and O–H groups in total. The van der Waals surface area contributed by atoms with Crippen LogP contribution in [0.1, 0.15) is 33.6 Å². The molecule has 2 atom stereocenters. The number of thioether (sulfide) groups is 1. The molecule has 0 fully saturated rings. The van der Waals surface area contributed by atoms with E-state index < -0.39 is 6.10 Å². The van der Waals surface area contributed by atoms with Gasteiger partial charge in [-0.25, -0.2) is 0 Å². The lowest BCUT2D eigenvalue weighted by molar-refractivity contribution is -0.146. The Kier molecular flexibility index (Phi) is 12.3. The molecule has 0 rings (SSSR count). The molecule has 0 saturated carbocycles. The summed E-state index contributed by atoms with van der Waals surface area (Å²) in [5.41, 5.74) is 6.11. The van der Waals surface area contributed by atoms with Crippen LogP contribution >= 0.6 is 11.8 Å². The number of carbonyl (C=O) groups is 2. The molecule has 0 saturated heterocycles. The molecule has 0 radical (unpaired) electrons. The van der Waals surface area contributed by atoms with Crippen LogP contribution in [0.3, 0.4) is 0 Å². The summed E-state index contributed by atoms with van der Waals surface area (Å²) in [5, 5.41) is 0. The second-order valence-electron chi connectivity index (χ2n) is 4.84. The van der Waals surface area contributed by atoms with Gasteiger partial charge in [-0.3, -0.25) is 9.59 Å². The molecule has 0 heterocycles. The number of hydrogen-bond acceptors (Lipinski definition) is 6. The Morgan fingerprint density at radius 3 is 2.45 bits per heavy atom. The minimum atomic E-state index is -0.658. The summed E-state index contributed by atoms with van der Waals surface area (Å²) in [5.74, 6) is 1.44. The fourth-order valence-corrected chi connectivity index (χ4v) is 2.62. The Balaban J connectivity index is 4.45. The Morgan fingerprint density at radius 2 is 1.91 bits per heavy atom. The number of nitrogens with zero attached hydrogens (tertiary/aromatic N) is 1. The van der Waals surface area contributed by atoms with Crippen molar-refractivity contribution in [1.82, 2.24) is 4.90 Å². The van der Waals surface area contributed by atoms with Crippen molar-refractivity contribution in [3.8, 4) is 0 Å². The summed E-state index contributed by atoms with van der Waals surface area (Å²) >= 11 is 1.79. The fourth-order valence-electron chi connectivity index (χ4n) is 1.89. The quantitative estimate of drug-likeness (QED) is 0.428. The number of carbonyl (C=O) groups excluding carboxylic acids is 2. The lowest BCUT2D eigenvalue weighted by Crippen LogP contribution is -2.49. The van der Waals surface area contributed by atoms with Crippen LogP contribution in [0.15, 0.2) is 0 Å². The van der Waals surface area contributed by atoms with E-state index in [1.54, 1.807) is 25.7 Å². The minimum Gasteiger partial charge on any atom is -0.466 e. The summed E-state index contributed by atoms with van der Waals surface area (Å²) in [7, 11) is 1.65. The molecule has 0 bridgehead atoms. The van der Waals surface area contributed by atoms with Gasteiger partial charge in [-0.2, -0.15) is 11.8 Å². The summed E-state index contributed by atoms with van der Waals surface area (Å²) in [6.45, 7) is 6.76. The van der Waals surface area contributed by atoms with Crippen molar-refractivity contribution in [2.24, 2.45) is 5.73 Å². The molecule has 0 aromatic carbocycles. The lowest BCUT2D eigenvalue weighted by atomic mass is 10.1. The number of likely N-dealkylation sites (N-methyl/N-ethyl adjacent to an activating group) is 1. The third-order valence-electron chi connectivity index (χ3n) is 3.11. The number of nitrogens with two attached hydrogens (primary N) is 1. The highest BCUT2D eigenvalue weighted by molar-refractivity contribution is 7.99. The summed E-state index contributed by atoms with van der Waals surface area (Å²) in [4.78, 5) is 25.3. The number of rotatable bonds is 12. The monoisotopic (exact) mass is 334 g/mol. The molecular weight excluding hydrogens is 304 g/mol. The van der Waals surface area contributed by atoms with Gasteiger partial charge in [0.2, 0.25) is 0 Å². The molecular formula is C15H30N2O4S. The van der Waals surface area contributed by atoms with E-state index in [2.05, 4.69) is 6.92 Å². The van der Waals surface area contributed by atoms with Gasteiger partial charge in [-0.1, -0.05) is 6.92 Å². The second-order valence-corrected chi connectivity index (χ2v) is 6.23. The molecule has 0 aliphatic rings. The van der Waals surface area contributed by atoms with E-state index in [9.17, 15) is 9.59 Å². The van der Waals surface area contributed by atoms with E-state index >= 15 is 0 Å². The normalized spacial score (nSPS) is 13.5. The number of amides is 1. The third-order valence-corrected chi connectivity index (χ3v) is 4.04. The number of hydrogen-bond donors (Lipinski definition) is 1. The molecule has 130 valence electrons. The first kappa shape index (κ1) is 21.2. The van der Waals surface area contributed by atoms with E-state index in [1.165, 1.54) is 4.90 Å². The van der Waals surface area contributed by atoms with Crippen molar-refractivity contribution in [1.29, 1.82) is 0 Å². The maximum atomic E-state index is 12.4. The van der Waals surface area contributed by atoms with Gasteiger partial charge in [-0.05, 0) is 31.8 Å². The molecule has 22 heavy (non-hydrogen) atoms. The Hall–Kier alpha value is -0.790. The van der Waals surface area contributed by atoms with Crippen LogP contribution in [0.25, 0.3) is 0 Å². The second kappa shape index (κ2) is 12.7. The van der Waals surface area contributed by atoms with Gasteiger partial charge < -0.3 is 20.1 Å². The largest absolute Gasteiger partial charge is 0.466 e. The lowest BCUT2D eigenvalue weighted by Gasteiger charge is -2.27. The molecule has 0 aromatic heterocycles. The fraction of sp³-hybridized carbons (Fsp3) is 0.867. The third kappa shape index (κ3) is 8.60. The van der Waals surface area contributed by atoms with Gasteiger partial charge in [0.25, 0.3) is 5.91 Å². The zero-order chi connectivity index (χ0) is 17.0. The highest BCUT2D eigenvalue weighted by atomic mass is 32.2. The van der Waals surface area contributed by atoms with Gasteiger partial charge in [0.15, 0.2) is 6.10 Å². The summed E-state index contributed by atoms with van der Waals surface area (Å²) in [6.07, 6.45) is 0.242. The standard InChI is InChI=1S/C15H30N2O4S/c1-5-20-13(18)8-10-17(4)15(19)14(21-6-2)12(16)9-11-22-7-3/h12,14H,5-11,16H2,1-4H3. The molecule has 0 spiro atoms. The van der Waals surface area contributed by atoms with Crippen LogP contribution < -0.4 is 5.73 Å². The highest BCUT2D eigenvalue weighted by Crippen LogP contribution is 2.10. The van der Waals surface area contributed by atoms with Gasteiger partial charge in [-0.15, -0.1) is 0 Å². The molecule has 0 aromatic rings. The van der Waals surface area contributed by atoms with E-state index in [4.69, 9.17) is 15.2 Å². The van der Waals surface area contributed by atoms with E-state index in [-0.39, 0.29) is 24.3 Å². The van der Waals surface area contributed by atoms with Gasteiger partial charge in [0.1, 0.15) is 0 Å². The zero-order valence-electron chi connectivity index (χ0n) is 14.2. The number of esters is 1. The summed E-state index contributed by atoms with van der Waals surface area (Å²) in [6, 6.07) is -0.337. The first-order valence-electron chi connectivity index (χ1n) is 7.83. The first-order valence-corrected chi connectivity index (χ1v) is 8.98. The summed E-state index contributed by atoms with van der Waals surface area (Å²) < 4.78 is 10.4. The Bertz CT molecular complexity index is 329. The SMILES string of the molecule is CCOC(=O)CCN(C)C(=O)C(OCC)C(N)CCSCC. The van der Waals surface area contributed by atoms with Crippen molar-refractivity contribution in [2.75, 3.05) is 38.3 Å². The minimum absolute atomic E-state index is 0.176. The van der Waals surface area contributed by atoms with Crippen molar-refractivity contribution in [3.05, 3.63) is 0 Å². The van der Waals surface area contributed by atoms with Crippen LogP contribution in [0.2, 0.25) is 0 Å². The average Bonchev–Trinajstić information content (AvgIpc) is 2.50. The van der Waals surface area contributed by atoms with Crippen molar-refractivity contribution in [2.45, 2.75) is 45.8 Å². The van der Waals surface area contributed by atoms with E-state index in [0.29, 0.717) is 19.8 Å². The maximum Gasteiger partial charge on any atom is 0.307 e. The Morgan fingerprint density at radius 1 is 1.23 bits per heavy atom. The van der Waals surface area contributed by atoms with Crippen LogP contribution in [0.5, 0.6) is 0 Å². The van der Waals surface area contributed by atoms with Crippen molar-refractivity contribution in [3.63, 3.8) is 0 Å². The van der Waals surface area contributed by atoms with Crippen LogP contribution in [-0.4, -0.2) is 67.2 Å². The molecule has 2 unspecified atom stereocenters. The highest BCUT2D eigenvalue weighted by Gasteiger charge is 2.28. The van der Waals surface area contributed by atoms with Gasteiger partial charge >= 0.3 is 5.97 Å². The van der Waals surface area contributed by atoms with E-state index in [1.807, 2.05) is 6.92 Å². The van der Waals surface area contributed by atoms with Gasteiger partial charge in [0, 0.05) is 26.2 Å². The smallest absolute Gasteiger partial charge is 0.307 e. The molecule has 1 amide bonds. The molecule has 7 heteroatoms. The zero-order valence-corrected chi connectivity index (χ0v) is 15.0. The van der Waals surface area contributed by atoms with Crippen LogP contribution in [-0.2, 0) is 19.1 Å². The molecule has 6 nitrogen and oxygen atoms in total. The number of ether oxygens (including phenoxy) is 2. The topological polar surface area (TPSA) is 81.9 Å². The first-order chi connectivity index (χ1) is 10.5. The predicted octanol–water partition coefficient (Wildman–Crippen LogP) is 1.27. The predicted molar refractivity (Wildman–Crippen MR) is 89.9 cm³/mol. The average molecular weight is 334 g/mol. The van der Waals surface area contributed by atoms with E-state index in [0.717, 1.165) is 17.9 Å². The van der Waals surface area contributed by atoms with Crippen LogP contribution in [0.4, 0.5) is 0 Å². The van der Waals surface area contributed by atoms with Gasteiger partial charge in [0.05, 0.1) is 13.0 Å². The Labute approximate surface area is 138 Å². The molecule has 0 aliphatic carbocycles. The van der Waals surface area contributed by atoms with Crippen molar-refractivity contribution >= 4 is 23.6 Å². The van der Waals surface area contributed by atoms with Crippen LogP contribution in [0, 0.1) is 0 Å².